The number of anilines is 1. The van der Waals surface area contributed by atoms with Crippen molar-refractivity contribution in [1.29, 1.82) is 0 Å². The third-order valence-electron chi connectivity index (χ3n) is 6.18. The maximum atomic E-state index is 14.8. The van der Waals surface area contributed by atoms with Crippen molar-refractivity contribution in [2.75, 3.05) is 18.2 Å². The van der Waals surface area contributed by atoms with E-state index in [1.165, 1.54) is 20.8 Å². The maximum absolute atomic E-state index is 14.8. The second-order valence-corrected chi connectivity index (χ2v) is 13.7. The molecule has 2 heterocycles. The summed E-state index contributed by atoms with van der Waals surface area (Å²) >= 11 is 12.6. The van der Waals surface area contributed by atoms with Gasteiger partial charge in [-0.15, -0.1) is 5.92 Å². The molecule has 3 rings (SSSR count). The molecular formula is C30H30Cl2F9N5O4. The van der Waals surface area contributed by atoms with Gasteiger partial charge in [0.2, 0.25) is 5.84 Å². The number of carbonyl (C=O) groups excluding carboxylic acids is 2. The average Bonchev–Trinajstić information content (AvgIpc) is 3.21. The first-order chi connectivity index (χ1) is 22.6. The number of aliphatic imine (C=N–C) groups is 2. The predicted octanol–water partition coefficient (Wildman–Crippen LogP) is 9.40. The Bertz CT molecular complexity index is 1660. The van der Waals surface area contributed by atoms with Crippen molar-refractivity contribution in [3.8, 4) is 11.8 Å². The number of benzene rings is 1. The van der Waals surface area contributed by atoms with Gasteiger partial charge in [-0.25, -0.2) is 19.6 Å². The lowest BCUT2D eigenvalue weighted by Crippen LogP contribution is -2.50. The van der Waals surface area contributed by atoms with Crippen molar-refractivity contribution in [3.63, 3.8) is 0 Å². The summed E-state index contributed by atoms with van der Waals surface area (Å²) in [5.74, 6) is 1.58. The van der Waals surface area contributed by atoms with Crippen LogP contribution in [0.1, 0.15) is 60.5 Å². The predicted molar refractivity (Wildman–Crippen MR) is 165 cm³/mol. The van der Waals surface area contributed by atoms with Crippen LogP contribution in [0.4, 0.5) is 54.8 Å². The zero-order valence-corrected chi connectivity index (χ0v) is 28.9. The SMILES string of the molecule is CCC#CCN1C2N=C(C(F)(F)F)N=C(C(F)(F)F)C2=C(N(C(=O)OCC(C)(C)C)C(=O)OC(C)(C)C)N1c1c(Cl)cc(C(F)(F)F)cc1Cl. The summed E-state index contributed by atoms with van der Waals surface area (Å²) in [5, 5.41) is -0.754. The fraction of sp³-hybridized carbons (Fsp3) is 0.533. The van der Waals surface area contributed by atoms with Crippen LogP contribution in [-0.2, 0) is 15.7 Å². The molecule has 0 saturated heterocycles. The molecule has 0 spiro atoms. The first-order valence-electron chi connectivity index (χ1n) is 14.4. The number of amidine groups is 1. The van der Waals surface area contributed by atoms with E-state index in [1.54, 1.807) is 27.7 Å². The van der Waals surface area contributed by atoms with Gasteiger partial charge >= 0.3 is 30.7 Å². The molecule has 2 amide bonds. The minimum Gasteiger partial charge on any atom is -0.448 e. The lowest BCUT2D eigenvalue weighted by atomic mass is 9.99. The van der Waals surface area contributed by atoms with Crippen molar-refractivity contribution in [1.82, 2.24) is 9.91 Å². The Morgan fingerprint density at radius 2 is 1.44 bits per heavy atom. The number of amides is 2. The molecule has 0 radical (unpaired) electrons. The second-order valence-electron chi connectivity index (χ2n) is 12.9. The molecule has 2 aliphatic heterocycles. The molecule has 0 aromatic heterocycles. The molecule has 0 bridgehead atoms. The summed E-state index contributed by atoms with van der Waals surface area (Å²) in [6.07, 6.45) is -22.0. The molecular weight excluding hydrogens is 736 g/mol. The molecule has 276 valence electrons. The monoisotopic (exact) mass is 765 g/mol. The van der Waals surface area contributed by atoms with Gasteiger partial charge in [-0.2, -0.15) is 49.4 Å². The van der Waals surface area contributed by atoms with Crippen molar-refractivity contribution in [2.45, 2.75) is 85.2 Å². The Kier molecular flexibility index (Phi) is 11.5. The summed E-state index contributed by atoms with van der Waals surface area (Å²) in [7, 11) is 0. The Morgan fingerprint density at radius 3 is 1.88 bits per heavy atom. The number of carbonyl (C=O) groups is 2. The number of hydrogen-bond donors (Lipinski definition) is 0. The van der Waals surface area contributed by atoms with E-state index in [-0.39, 0.29) is 11.3 Å². The molecule has 2 aliphatic rings. The van der Waals surface area contributed by atoms with Crippen LogP contribution >= 0.6 is 23.2 Å². The van der Waals surface area contributed by atoms with Crippen molar-refractivity contribution < 1.29 is 58.6 Å². The van der Waals surface area contributed by atoms with Gasteiger partial charge in [0.25, 0.3) is 0 Å². The largest absolute Gasteiger partial charge is 0.451 e. The summed E-state index contributed by atoms with van der Waals surface area (Å²) in [5.41, 5.74) is -8.04. The van der Waals surface area contributed by atoms with Crippen LogP contribution in [0.2, 0.25) is 10.0 Å². The lowest BCUT2D eigenvalue weighted by Gasteiger charge is -2.37. The zero-order valence-electron chi connectivity index (χ0n) is 27.4. The molecule has 9 nitrogen and oxygen atoms in total. The van der Waals surface area contributed by atoms with Gasteiger partial charge in [0.1, 0.15) is 5.60 Å². The molecule has 0 fully saturated rings. The van der Waals surface area contributed by atoms with Gasteiger partial charge in [0.05, 0.1) is 40.0 Å². The number of hydrazine groups is 1. The van der Waals surface area contributed by atoms with E-state index in [4.69, 9.17) is 32.7 Å². The normalized spacial score (nSPS) is 17.5. The quantitative estimate of drug-likeness (QED) is 0.224. The van der Waals surface area contributed by atoms with Crippen LogP contribution in [0, 0.1) is 17.3 Å². The van der Waals surface area contributed by atoms with E-state index in [1.807, 2.05) is 0 Å². The highest BCUT2D eigenvalue weighted by atomic mass is 35.5. The van der Waals surface area contributed by atoms with Crippen molar-refractivity contribution >= 4 is 52.6 Å². The Hall–Kier alpha value is -3.69. The van der Waals surface area contributed by atoms with E-state index in [0.717, 1.165) is 0 Å². The summed E-state index contributed by atoms with van der Waals surface area (Å²) in [6.45, 7) is 9.09. The van der Waals surface area contributed by atoms with Gasteiger partial charge in [-0.1, -0.05) is 56.8 Å². The molecule has 20 heteroatoms. The van der Waals surface area contributed by atoms with E-state index >= 15 is 0 Å². The fourth-order valence-electron chi connectivity index (χ4n) is 4.33. The third kappa shape index (κ3) is 9.34. The number of hydrogen-bond acceptors (Lipinski definition) is 8. The van der Waals surface area contributed by atoms with E-state index in [2.05, 4.69) is 21.8 Å². The van der Waals surface area contributed by atoms with Gasteiger partial charge in [-0.05, 0) is 38.3 Å². The maximum Gasteiger partial charge on any atom is 0.451 e. The van der Waals surface area contributed by atoms with E-state index in [0.29, 0.717) is 22.2 Å². The highest BCUT2D eigenvalue weighted by Crippen LogP contribution is 2.49. The number of alkyl halides is 9. The van der Waals surface area contributed by atoms with Crippen LogP contribution < -0.4 is 5.01 Å². The van der Waals surface area contributed by atoms with Crippen LogP contribution in [0.5, 0.6) is 0 Å². The number of halogens is 11. The molecule has 1 aromatic rings. The summed E-state index contributed by atoms with van der Waals surface area (Å²) in [4.78, 5) is 33.7. The number of imide groups is 1. The minimum atomic E-state index is -5.72. The molecule has 1 atom stereocenters. The topological polar surface area (TPSA) is 87.0 Å². The van der Waals surface area contributed by atoms with Gasteiger partial charge in [0.15, 0.2) is 17.7 Å². The summed E-state index contributed by atoms with van der Waals surface area (Å²) < 4.78 is 138. The van der Waals surface area contributed by atoms with Crippen LogP contribution in [-0.4, -0.2) is 70.9 Å². The summed E-state index contributed by atoms with van der Waals surface area (Å²) in [6, 6.07) is 0.670. The Balaban J connectivity index is 2.60. The van der Waals surface area contributed by atoms with E-state index < -0.39 is 105 Å². The molecule has 0 aliphatic carbocycles. The van der Waals surface area contributed by atoms with Crippen LogP contribution in [0.3, 0.4) is 0 Å². The highest BCUT2D eigenvalue weighted by molar-refractivity contribution is 6.39. The molecule has 0 N–H and O–H groups in total. The first kappa shape index (κ1) is 40.7. The Morgan fingerprint density at radius 1 is 0.880 bits per heavy atom. The third-order valence-corrected chi connectivity index (χ3v) is 6.75. The molecule has 1 unspecified atom stereocenters. The van der Waals surface area contributed by atoms with Crippen LogP contribution in [0.15, 0.2) is 33.5 Å². The Labute approximate surface area is 290 Å². The number of nitrogens with zero attached hydrogens (tertiary/aromatic N) is 5. The van der Waals surface area contributed by atoms with Crippen LogP contribution in [0.25, 0.3) is 0 Å². The number of rotatable bonds is 4. The second kappa shape index (κ2) is 14.1. The average molecular weight is 766 g/mol. The molecule has 0 saturated carbocycles. The van der Waals surface area contributed by atoms with Gasteiger partial charge in [0, 0.05) is 6.42 Å². The standard InChI is InChI=1S/C30H30Cl2F9N5O4/c1-8-9-10-11-44-21-18(20(29(36,37)38)42-23(43-21)30(39,40)41)22(46(44)19-16(31)12-15(13-17(19)32)28(33,34)35)45(25(48)50-27(5,6)7)24(47)49-14-26(2,3)4/h12-13,21H,8,11,14H2,1-7H3. The molecule has 50 heavy (non-hydrogen) atoms. The molecule has 1 aromatic carbocycles. The highest BCUT2D eigenvalue weighted by Gasteiger charge is 2.57. The van der Waals surface area contributed by atoms with Gasteiger partial charge < -0.3 is 9.47 Å². The van der Waals surface area contributed by atoms with E-state index in [9.17, 15) is 49.1 Å². The fourth-order valence-corrected chi connectivity index (χ4v) is 4.98. The number of fused-ring (bicyclic) bond motifs is 1. The number of ether oxygens (including phenoxy) is 2. The lowest BCUT2D eigenvalue weighted by molar-refractivity contribution is -0.137. The van der Waals surface area contributed by atoms with Crippen molar-refractivity contribution in [2.24, 2.45) is 15.4 Å². The van der Waals surface area contributed by atoms with Gasteiger partial charge in [-0.3, -0.25) is 5.01 Å². The smallest absolute Gasteiger partial charge is 0.448 e. The first-order valence-corrected chi connectivity index (χ1v) is 15.2. The zero-order chi connectivity index (χ0) is 38.4. The van der Waals surface area contributed by atoms with Crippen molar-refractivity contribution in [3.05, 3.63) is 39.1 Å². The minimum absolute atomic E-state index is 0.0632.